The van der Waals surface area contributed by atoms with Gasteiger partial charge in [-0.15, -0.1) is 0 Å². The maximum atomic E-state index is 8.99. The first-order chi connectivity index (χ1) is 11.1. The Morgan fingerprint density at radius 1 is 1.09 bits per heavy atom. The van der Waals surface area contributed by atoms with E-state index in [9.17, 15) is 0 Å². The van der Waals surface area contributed by atoms with Gasteiger partial charge in [-0.1, -0.05) is 36.4 Å². The van der Waals surface area contributed by atoms with Crippen LogP contribution in [0.1, 0.15) is 11.1 Å². The molecule has 3 rings (SSSR count). The molecule has 0 aliphatic carbocycles. The van der Waals surface area contributed by atoms with E-state index < -0.39 is 5.92 Å². The van der Waals surface area contributed by atoms with E-state index >= 15 is 0 Å². The van der Waals surface area contributed by atoms with Gasteiger partial charge in [0.25, 0.3) is 0 Å². The fraction of sp³-hybridized carbons (Fsp3) is 0.111. The van der Waals surface area contributed by atoms with Crippen molar-refractivity contribution in [3.8, 4) is 12.1 Å². The molecular weight excluding hydrogens is 288 g/mol. The highest BCUT2D eigenvalue weighted by molar-refractivity contribution is 6.10. The van der Waals surface area contributed by atoms with E-state index in [1.54, 1.807) is 19.1 Å². The van der Waals surface area contributed by atoms with Crippen molar-refractivity contribution in [2.45, 2.75) is 6.92 Å². The second kappa shape index (κ2) is 5.40. The van der Waals surface area contributed by atoms with E-state index in [-0.39, 0.29) is 16.8 Å². The first-order valence-electron chi connectivity index (χ1n) is 6.96. The number of hydrogen-bond donors (Lipinski definition) is 2. The molecule has 3 aromatic rings. The molecule has 1 heterocycles. The van der Waals surface area contributed by atoms with Crippen LogP contribution in [0.25, 0.3) is 21.7 Å². The van der Waals surface area contributed by atoms with Crippen LogP contribution in [0.5, 0.6) is 0 Å². The number of hydrogen-bond acceptors (Lipinski definition) is 5. The molecule has 0 atom stereocenters. The zero-order valence-corrected chi connectivity index (χ0v) is 12.3. The van der Waals surface area contributed by atoms with Gasteiger partial charge in [-0.25, -0.2) is 0 Å². The number of benzene rings is 2. The van der Waals surface area contributed by atoms with Crippen molar-refractivity contribution in [3.63, 3.8) is 0 Å². The largest absolute Gasteiger partial charge is 0.438 e. The summed E-state index contributed by atoms with van der Waals surface area (Å²) in [6, 6.07) is 15.1. The summed E-state index contributed by atoms with van der Waals surface area (Å²) in [7, 11) is 0. The Morgan fingerprint density at radius 2 is 1.78 bits per heavy atom. The van der Waals surface area contributed by atoms with Crippen molar-refractivity contribution in [2.75, 3.05) is 0 Å². The normalized spacial score (nSPS) is 10.6. The van der Waals surface area contributed by atoms with Gasteiger partial charge in [-0.2, -0.15) is 10.5 Å². The molecule has 0 fully saturated rings. The Labute approximate surface area is 132 Å². The number of fused-ring (bicyclic) bond motifs is 3. The van der Waals surface area contributed by atoms with Gasteiger partial charge in [0, 0.05) is 10.8 Å². The minimum absolute atomic E-state index is 0.198. The Kier molecular flexibility index (Phi) is 3.40. The Balaban J connectivity index is 2.39. The summed E-state index contributed by atoms with van der Waals surface area (Å²) in [5.74, 6) is -1.22. The van der Waals surface area contributed by atoms with Gasteiger partial charge in [-0.3, -0.25) is 5.41 Å². The molecule has 0 saturated heterocycles. The highest BCUT2D eigenvalue weighted by Gasteiger charge is 2.21. The molecule has 2 N–H and O–H groups in total. The van der Waals surface area contributed by atoms with Crippen LogP contribution in [-0.2, 0) is 0 Å². The average Bonchev–Trinajstić information content (AvgIpc) is 2.56. The Morgan fingerprint density at radius 3 is 2.48 bits per heavy atom. The van der Waals surface area contributed by atoms with E-state index in [1.807, 2.05) is 36.4 Å². The van der Waals surface area contributed by atoms with E-state index in [0.29, 0.717) is 11.1 Å². The Hall–Kier alpha value is -3.44. The number of aryl methyl sites for hydroxylation is 1. The molecule has 0 amide bonds. The van der Waals surface area contributed by atoms with Crippen LogP contribution in [-0.4, -0.2) is 5.71 Å². The van der Waals surface area contributed by atoms with Crippen LogP contribution in [0, 0.1) is 46.3 Å². The van der Waals surface area contributed by atoms with Crippen molar-refractivity contribution in [3.05, 3.63) is 53.1 Å². The van der Waals surface area contributed by atoms with Gasteiger partial charge in [-0.05, 0) is 17.9 Å². The number of nitrogens with one attached hydrogen (secondary N) is 2. The first kappa shape index (κ1) is 14.5. The predicted molar refractivity (Wildman–Crippen MR) is 85.9 cm³/mol. The molecule has 2 aromatic carbocycles. The van der Waals surface area contributed by atoms with Crippen LogP contribution in [0.3, 0.4) is 0 Å². The van der Waals surface area contributed by atoms with Gasteiger partial charge < -0.3 is 9.83 Å². The molecule has 5 heteroatoms. The molecule has 0 unspecified atom stereocenters. The highest BCUT2D eigenvalue weighted by atomic mass is 16.3. The molecule has 23 heavy (non-hydrogen) atoms. The third-order valence-electron chi connectivity index (χ3n) is 3.91. The highest BCUT2D eigenvalue weighted by Crippen LogP contribution is 2.28. The molecule has 0 aliphatic heterocycles. The fourth-order valence-corrected chi connectivity index (χ4v) is 2.73. The topological polar surface area (TPSA) is 108 Å². The second-order valence-corrected chi connectivity index (χ2v) is 5.20. The second-order valence-electron chi connectivity index (χ2n) is 5.20. The monoisotopic (exact) mass is 300 g/mol. The van der Waals surface area contributed by atoms with Crippen molar-refractivity contribution >= 4 is 27.5 Å². The van der Waals surface area contributed by atoms with Gasteiger partial charge >= 0.3 is 0 Å². The van der Waals surface area contributed by atoms with Crippen molar-refractivity contribution in [1.29, 1.82) is 21.3 Å². The number of nitrogens with zero attached hydrogens (tertiary/aromatic N) is 2. The van der Waals surface area contributed by atoms with Gasteiger partial charge in [0.05, 0.1) is 23.4 Å². The van der Waals surface area contributed by atoms with Crippen molar-refractivity contribution < 1.29 is 4.42 Å². The molecule has 1 aromatic heterocycles. The summed E-state index contributed by atoms with van der Waals surface area (Å²) in [5.41, 5.74) is 1.05. The molecule has 5 nitrogen and oxygen atoms in total. The van der Waals surface area contributed by atoms with Crippen LogP contribution < -0.4 is 5.55 Å². The number of rotatable bonds is 2. The maximum absolute atomic E-state index is 8.99. The van der Waals surface area contributed by atoms with Crippen molar-refractivity contribution in [2.24, 2.45) is 5.92 Å². The third-order valence-corrected chi connectivity index (χ3v) is 3.91. The zero-order chi connectivity index (χ0) is 16.6. The molecule has 0 bridgehead atoms. The van der Waals surface area contributed by atoms with Gasteiger partial charge in [0.1, 0.15) is 5.58 Å². The first-order valence-corrected chi connectivity index (χ1v) is 6.96. The third kappa shape index (κ3) is 2.16. The molecule has 0 radical (unpaired) electrons. The smallest absolute Gasteiger partial charge is 0.221 e. The number of nitriles is 2. The average molecular weight is 300 g/mol. The van der Waals surface area contributed by atoms with E-state index in [4.69, 9.17) is 25.8 Å². The van der Waals surface area contributed by atoms with Crippen LogP contribution in [0.4, 0.5) is 0 Å². The SMILES string of the molecule is Cc1c(C(=N)C(C#N)C#N)c(=N)oc2c1ccc1ccccc12. The zero-order valence-electron chi connectivity index (χ0n) is 12.3. The molecular formula is C18H12N4O. The van der Waals surface area contributed by atoms with Crippen LogP contribution in [0.2, 0.25) is 0 Å². The van der Waals surface area contributed by atoms with Gasteiger partial charge in [0.15, 0.2) is 5.92 Å². The quantitative estimate of drug-likeness (QED) is 0.559. The van der Waals surface area contributed by atoms with E-state index in [1.165, 1.54) is 0 Å². The van der Waals surface area contributed by atoms with Crippen LogP contribution in [0.15, 0.2) is 40.8 Å². The predicted octanol–water partition coefficient (Wildman–Crippen LogP) is 3.41. The lowest BCUT2D eigenvalue weighted by atomic mass is 9.94. The van der Waals surface area contributed by atoms with Gasteiger partial charge in [0.2, 0.25) is 5.55 Å². The molecule has 0 spiro atoms. The molecule has 110 valence electrons. The summed E-state index contributed by atoms with van der Waals surface area (Å²) in [5, 5.41) is 36.8. The molecule has 0 saturated carbocycles. The Bertz CT molecular complexity index is 1080. The lowest BCUT2D eigenvalue weighted by molar-refractivity contribution is 0.532. The summed E-state index contributed by atoms with van der Waals surface area (Å²) >= 11 is 0. The van der Waals surface area contributed by atoms with E-state index in [0.717, 1.165) is 16.2 Å². The lowest BCUT2D eigenvalue weighted by Crippen LogP contribution is -2.22. The van der Waals surface area contributed by atoms with Crippen LogP contribution >= 0.6 is 0 Å². The standard InChI is InChI=1S/C18H12N4O/c1-10-13-7-6-11-4-2-3-5-14(11)17(13)23-18(22)15(10)16(21)12(8-19)9-20/h2-7,12,21-22H,1H3. The van der Waals surface area contributed by atoms with E-state index in [2.05, 4.69) is 0 Å². The van der Waals surface area contributed by atoms with Crippen molar-refractivity contribution in [1.82, 2.24) is 0 Å². The lowest BCUT2D eigenvalue weighted by Gasteiger charge is -2.11. The summed E-state index contributed by atoms with van der Waals surface area (Å²) < 4.78 is 5.65. The fourth-order valence-electron chi connectivity index (χ4n) is 2.73. The maximum Gasteiger partial charge on any atom is 0.221 e. The minimum atomic E-state index is -1.22. The summed E-state index contributed by atoms with van der Waals surface area (Å²) in [6.45, 7) is 1.78. The summed E-state index contributed by atoms with van der Waals surface area (Å²) in [4.78, 5) is 0. The summed E-state index contributed by atoms with van der Waals surface area (Å²) in [6.07, 6.45) is 0. The molecule has 0 aliphatic rings. The minimum Gasteiger partial charge on any atom is -0.438 e.